The third-order valence-electron chi connectivity index (χ3n) is 3.94. The van der Waals surface area contributed by atoms with E-state index in [0.717, 1.165) is 19.4 Å². The first-order valence-corrected chi connectivity index (χ1v) is 7.73. The lowest BCUT2D eigenvalue weighted by molar-refractivity contribution is -0.764. The Balaban J connectivity index is 2.04. The summed E-state index contributed by atoms with van der Waals surface area (Å²) < 4.78 is 4.15. The van der Waals surface area contributed by atoms with Crippen molar-refractivity contribution in [3.8, 4) is 0 Å². The Morgan fingerprint density at radius 3 is 2.57 bits per heavy atom. The Kier molecular flexibility index (Phi) is 5.32. The van der Waals surface area contributed by atoms with Crippen molar-refractivity contribution in [2.24, 2.45) is 0 Å². The average molecular weight is 285 g/mol. The zero-order valence-corrected chi connectivity index (χ0v) is 13.3. The minimum atomic E-state index is 0.258. The number of benzene rings is 1. The number of ketones is 1. The van der Waals surface area contributed by atoms with Gasteiger partial charge in [0.05, 0.1) is 12.7 Å². The monoisotopic (exact) mass is 285 g/mol. The van der Waals surface area contributed by atoms with Gasteiger partial charge in [0.25, 0.3) is 0 Å². The molecule has 0 spiro atoms. The van der Waals surface area contributed by atoms with Crippen LogP contribution in [0.15, 0.2) is 36.7 Å². The van der Waals surface area contributed by atoms with E-state index in [1.807, 2.05) is 29.2 Å². The molecule has 0 atom stereocenters. The molecule has 2 rings (SSSR count). The largest absolute Gasteiger partial charge is 0.292 e. The van der Waals surface area contributed by atoms with Gasteiger partial charge in [-0.1, -0.05) is 31.5 Å². The highest BCUT2D eigenvalue weighted by Gasteiger charge is 2.16. The maximum atomic E-state index is 12.4. The number of hydrogen-bond acceptors (Lipinski definition) is 1. The van der Waals surface area contributed by atoms with E-state index in [-0.39, 0.29) is 5.78 Å². The molecule has 21 heavy (non-hydrogen) atoms. The fourth-order valence-corrected chi connectivity index (χ4v) is 2.64. The third-order valence-corrected chi connectivity index (χ3v) is 3.94. The number of carbonyl (C=O) groups excluding carboxylic acids is 1. The summed E-state index contributed by atoms with van der Waals surface area (Å²) in [7, 11) is 0. The molecule has 0 aliphatic rings. The topological polar surface area (TPSA) is 25.9 Å². The van der Waals surface area contributed by atoms with E-state index in [9.17, 15) is 4.79 Å². The summed E-state index contributed by atoms with van der Waals surface area (Å²) in [5.41, 5.74) is 3.58. The van der Waals surface area contributed by atoms with Gasteiger partial charge in [-0.05, 0) is 37.0 Å². The number of rotatable bonds is 7. The average Bonchev–Trinajstić information content (AvgIpc) is 2.88. The molecule has 0 radical (unpaired) electrons. The van der Waals surface area contributed by atoms with E-state index in [1.165, 1.54) is 16.7 Å². The number of hydrogen-bond donors (Lipinski definition) is 0. The van der Waals surface area contributed by atoms with Crippen LogP contribution in [0.25, 0.3) is 0 Å². The second-order valence-electron chi connectivity index (χ2n) is 5.69. The number of aromatic nitrogens is 2. The van der Waals surface area contributed by atoms with Crippen molar-refractivity contribution >= 4 is 5.78 Å². The molecule has 0 fully saturated rings. The molecule has 112 valence electrons. The van der Waals surface area contributed by atoms with Gasteiger partial charge in [-0.25, -0.2) is 0 Å². The molecule has 1 aromatic heterocycles. The van der Waals surface area contributed by atoms with E-state index in [2.05, 4.69) is 37.6 Å². The van der Waals surface area contributed by atoms with Gasteiger partial charge >= 0.3 is 0 Å². The lowest BCUT2D eigenvalue weighted by Crippen LogP contribution is -2.45. The second-order valence-corrected chi connectivity index (χ2v) is 5.69. The fourth-order valence-electron chi connectivity index (χ4n) is 2.64. The summed E-state index contributed by atoms with van der Waals surface area (Å²) in [6, 6.07) is 8.20. The molecule has 0 aliphatic carbocycles. The van der Waals surface area contributed by atoms with Crippen LogP contribution in [0.5, 0.6) is 0 Å². The number of unbranched alkanes of at least 4 members (excludes halogenated alkanes) is 1. The zero-order chi connectivity index (χ0) is 15.2. The molecule has 3 heteroatoms. The van der Waals surface area contributed by atoms with Gasteiger partial charge in [0.1, 0.15) is 0 Å². The van der Waals surface area contributed by atoms with Crippen molar-refractivity contribution in [3.05, 3.63) is 53.3 Å². The van der Waals surface area contributed by atoms with Crippen molar-refractivity contribution in [2.45, 2.75) is 53.1 Å². The van der Waals surface area contributed by atoms with Crippen LogP contribution in [-0.2, 0) is 24.3 Å². The summed E-state index contributed by atoms with van der Waals surface area (Å²) >= 11 is 0. The van der Waals surface area contributed by atoms with Crippen LogP contribution in [0.4, 0.5) is 0 Å². The predicted octanol–water partition coefficient (Wildman–Crippen LogP) is 3.00. The molecule has 1 heterocycles. The predicted molar refractivity (Wildman–Crippen MR) is 84.2 cm³/mol. The van der Waals surface area contributed by atoms with E-state index in [4.69, 9.17) is 0 Å². The first kappa shape index (κ1) is 15.5. The summed E-state index contributed by atoms with van der Waals surface area (Å²) in [5, 5.41) is 0. The number of carbonyl (C=O) groups is 1. The van der Waals surface area contributed by atoms with Crippen molar-refractivity contribution in [2.75, 3.05) is 0 Å². The molecule has 0 amide bonds. The van der Waals surface area contributed by atoms with Crippen molar-refractivity contribution in [1.29, 1.82) is 0 Å². The smallest absolute Gasteiger partial charge is 0.230 e. The van der Waals surface area contributed by atoms with Gasteiger partial charge in [0.2, 0.25) is 12.3 Å². The molecule has 0 saturated heterocycles. The minimum Gasteiger partial charge on any atom is -0.292 e. The van der Waals surface area contributed by atoms with E-state index >= 15 is 0 Å². The van der Waals surface area contributed by atoms with Gasteiger partial charge < -0.3 is 0 Å². The quantitative estimate of drug-likeness (QED) is 0.718. The molecule has 0 unspecified atom stereocenters. The molecular weight excluding hydrogens is 260 g/mol. The molecule has 0 N–H and O–H groups in total. The molecule has 0 bridgehead atoms. The lowest BCUT2D eigenvalue weighted by atomic mass is 9.98. The molecule has 1 aromatic carbocycles. The first-order valence-electron chi connectivity index (χ1n) is 7.73. The Labute approximate surface area is 127 Å². The van der Waals surface area contributed by atoms with E-state index in [1.54, 1.807) is 0 Å². The highest BCUT2D eigenvalue weighted by Crippen LogP contribution is 2.14. The normalized spacial score (nSPS) is 10.8. The van der Waals surface area contributed by atoms with Crippen molar-refractivity contribution in [3.63, 3.8) is 0 Å². The van der Waals surface area contributed by atoms with Crippen molar-refractivity contribution < 1.29 is 9.48 Å². The Hall–Kier alpha value is -1.90. The highest BCUT2D eigenvalue weighted by molar-refractivity contribution is 5.80. The molecule has 2 aromatic rings. The molecule has 0 saturated carbocycles. The zero-order valence-electron chi connectivity index (χ0n) is 13.3. The van der Waals surface area contributed by atoms with Crippen LogP contribution in [0.3, 0.4) is 0 Å². The summed E-state index contributed by atoms with van der Waals surface area (Å²) in [4.78, 5) is 12.4. The SMILES string of the molecule is CCCCn1ccc[n+]1CC(=O)Cc1c(C)cccc1C. The first-order chi connectivity index (χ1) is 10.1. The highest BCUT2D eigenvalue weighted by atomic mass is 16.1. The van der Waals surface area contributed by atoms with Gasteiger partial charge in [-0.15, -0.1) is 4.68 Å². The van der Waals surface area contributed by atoms with Crippen molar-refractivity contribution in [1.82, 2.24) is 4.68 Å². The van der Waals surface area contributed by atoms with Crippen LogP contribution < -0.4 is 4.68 Å². The summed E-state index contributed by atoms with van der Waals surface area (Å²) in [6.07, 6.45) is 6.85. The van der Waals surface area contributed by atoms with Gasteiger partial charge in [-0.2, -0.15) is 4.68 Å². The minimum absolute atomic E-state index is 0.258. The summed E-state index contributed by atoms with van der Waals surface area (Å²) in [6.45, 7) is 7.75. The number of aryl methyl sites for hydroxylation is 3. The molecule has 0 aliphatic heterocycles. The number of nitrogens with zero attached hydrogens (tertiary/aromatic N) is 2. The van der Waals surface area contributed by atoms with Gasteiger partial charge in [0.15, 0.2) is 6.20 Å². The maximum Gasteiger partial charge on any atom is 0.230 e. The molecule has 3 nitrogen and oxygen atoms in total. The standard InChI is InChI=1S/C18H25N2O/c1-4-5-10-19-11-7-12-20(19)14-17(21)13-18-15(2)8-6-9-16(18)3/h6-9,11-12H,4-5,10,13-14H2,1-3H3/q+1. The second kappa shape index (κ2) is 7.21. The van der Waals surface area contributed by atoms with Crippen LogP contribution in [0.2, 0.25) is 0 Å². The Morgan fingerprint density at radius 2 is 1.90 bits per heavy atom. The third kappa shape index (κ3) is 4.03. The van der Waals surface area contributed by atoms with Crippen LogP contribution >= 0.6 is 0 Å². The Bertz CT molecular complexity index is 593. The van der Waals surface area contributed by atoms with Gasteiger partial charge in [0, 0.05) is 12.5 Å². The van der Waals surface area contributed by atoms with Crippen LogP contribution in [0, 0.1) is 13.8 Å². The van der Waals surface area contributed by atoms with Crippen LogP contribution in [0.1, 0.15) is 36.5 Å². The molecular formula is C18H25N2O+. The maximum absolute atomic E-state index is 12.4. The number of Topliss-reactive ketones (excluding diaryl/α,β-unsaturated/α-hetero) is 1. The van der Waals surface area contributed by atoms with Gasteiger partial charge in [-0.3, -0.25) is 4.79 Å². The van der Waals surface area contributed by atoms with E-state index in [0.29, 0.717) is 13.0 Å². The van der Waals surface area contributed by atoms with E-state index < -0.39 is 0 Å². The summed E-state index contributed by atoms with van der Waals surface area (Å²) in [5.74, 6) is 0.258. The Morgan fingerprint density at radius 1 is 1.19 bits per heavy atom. The van der Waals surface area contributed by atoms with Crippen LogP contribution in [-0.4, -0.2) is 10.5 Å². The lowest BCUT2D eigenvalue weighted by Gasteiger charge is -2.08. The fraction of sp³-hybridized carbons (Fsp3) is 0.444.